The minimum atomic E-state index is -1.02. The Balaban J connectivity index is 1.42. The standard InChI is InChI=1S/C23H25N3O3/c1-16-11-18(24)13-19(12-16)26-14-21(25-15-26)23(28)9-7-20(8-10-23)29-22(27)17-5-3-2-4-6-17/h2-6,11-15,20,28H,7-10,24H2,1H3. The lowest BCUT2D eigenvalue weighted by atomic mass is 9.81. The highest BCUT2D eigenvalue weighted by atomic mass is 16.5. The van der Waals surface area contributed by atoms with Crippen LogP contribution in [0, 0.1) is 6.92 Å². The van der Waals surface area contributed by atoms with Gasteiger partial charge in [-0.25, -0.2) is 9.78 Å². The van der Waals surface area contributed by atoms with E-state index in [9.17, 15) is 9.90 Å². The van der Waals surface area contributed by atoms with Gasteiger partial charge in [0.2, 0.25) is 0 Å². The highest BCUT2D eigenvalue weighted by Gasteiger charge is 2.38. The molecule has 6 heteroatoms. The van der Waals surface area contributed by atoms with E-state index in [1.54, 1.807) is 18.5 Å². The van der Waals surface area contributed by atoms with Crippen LogP contribution >= 0.6 is 0 Å². The summed E-state index contributed by atoms with van der Waals surface area (Å²) >= 11 is 0. The minimum Gasteiger partial charge on any atom is -0.459 e. The van der Waals surface area contributed by atoms with Gasteiger partial charge in [-0.2, -0.15) is 0 Å². The number of aromatic nitrogens is 2. The summed E-state index contributed by atoms with van der Waals surface area (Å²) < 4.78 is 7.49. The van der Waals surface area contributed by atoms with Crippen molar-refractivity contribution in [2.45, 2.75) is 44.3 Å². The van der Waals surface area contributed by atoms with Crippen LogP contribution in [0.25, 0.3) is 5.69 Å². The molecule has 1 fully saturated rings. The molecule has 150 valence electrons. The molecule has 0 radical (unpaired) electrons. The van der Waals surface area contributed by atoms with Gasteiger partial charge in [-0.15, -0.1) is 0 Å². The van der Waals surface area contributed by atoms with Gasteiger partial charge in [-0.1, -0.05) is 18.2 Å². The Hall–Kier alpha value is -3.12. The third-order valence-corrected chi connectivity index (χ3v) is 5.48. The Morgan fingerprint density at radius 2 is 1.93 bits per heavy atom. The lowest BCUT2D eigenvalue weighted by molar-refractivity contribution is -0.0485. The summed E-state index contributed by atoms with van der Waals surface area (Å²) in [6.45, 7) is 1.99. The zero-order valence-electron chi connectivity index (χ0n) is 16.4. The van der Waals surface area contributed by atoms with Crippen LogP contribution in [0.1, 0.15) is 47.3 Å². The zero-order chi connectivity index (χ0) is 20.4. The number of aliphatic hydroxyl groups is 1. The highest BCUT2D eigenvalue weighted by molar-refractivity contribution is 5.89. The van der Waals surface area contributed by atoms with Gasteiger partial charge in [-0.3, -0.25) is 0 Å². The number of nitrogens with zero attached hydrogens (tertiary/aromatic N) is 2. The molecule has 1 aromatic heterocycles. The molecule has 1 heterocycles. The summed E-state index contributed by atoms with van der Waals surface area (Å²) in [4.78, 5) is 16.7. The molecule has 4 rings (SSSR count). The van der Waals surface area contributed by atoms with Crippen molar-refractivity contribution >= 4 is 11.7 Å². The van der Waals surface area contributed by atoms with Crippen LogP contribution < -0.4 is 5.73 Å². The molecule has 0 bridgehead atoms. The van der Waals surface area contributed by atoms with E-state index in [4.69, 9.17) is 10.5 Å². The first-order valence-electron chi connectivity index (χ1n) is 9.83. The molecular weight excluding hydrogens is 366 g/mol. The van der Waals surface area contributed by atoms with E-state index in [0.29, 0.717) is 42.6 Å². The van der Waals surface area contributed by atoms with Crippen molar-refractivity contribution in [3.05, 3.63) is 77.9 Å². The normalized spacial score (nSPS) is 21.7. The third kappa shape index (κ3) is 4.17. The van der Waals surface area contributed by atoms with Crippen LogP contribution in [0.4, 0.5) is 5.69 Å². The maximum absolute atomic E-state index is 12.2. The first-order valence-corrected chi connectivity index (χ1v) is 9.83. The van der Waals surface area contributed by atoms with Crippen molar-refractivity contribution in [1.82, 2.24) is 9.55 Å². The van der Waals surface area contributed by atoms with E-state index in [1.807, 2.05) is 54.1 Å². The Bertz CT molecular complexity index is 985. The van der Waals surface area contributed by atoms with Crippen molar-refractivity contribution in [1.29, 1.82) is 0 Å². The molecule has 3 N–H and O–H groups in total. The molecule has 29 heavy (non-hydrogen) atoms. The summed E-state index contributed by atoms with van der Waals surface area (Å²) in [5.41, 5.74) is 8.77. The van der Waals surface area contributed by atoms with Crippen molar-refractivity contribution in [2.24, 2.45) is 0 Å². The Kier molecular flexibility index (Phi) is 5.11. The van der Waals surface area contributed by atoms with Crippen LogP contribution in [0.5, 0.6) is 0 Å². The van der Waals surface area contributed by atoms with Crippen molar-refractivity contribution < 1.29 is 14.6 Å². The fourth-order valence-corrected chi connectivity index (χ4v) is 3.88. The molecule has 0 atom stereocenters. The molecule has 0 spiro atoms. The number of nitrogen functional groups attached to an aromatic ring is 1. The van der Waals surface area contributed by atoms with E-state index >= 15 is 0 Å². The number of aryl methyl sites for hydroxylation is 1. The quantitative estimate of drug-likeness (QED) is 0.522. The number of carbonyl (C=O) groups is 1. The van der Waals surface area contributed by atoms with Crippen molar-refractivity contribution in [3.8, 4) is 5.69 Å². The number of carbonyl (C=O) groups excluding carboxylic acids is 1. The molecule has 2 aromatic carbocycles. The third-order valence-electron chi connectivity index (χ3n) is 5.48. The predicted octanol–water partition coefficient (Wildman–Crippen LogP) is 3.75. The van der Waals surface area contributed by atoms with E-state index in [2.05, 4.69) is 4.98 Å². The summed E-state index contributed by atoms with van der Waals surface area (Å²) in [5, 5.41) is 11.1. The molecular formula is C23H25N3O3. The number of imidazole rings is 1. The van der Waals surface area contributed by atoms with Gasteiger partial charge in [0.05, 0.1) is 17.6 Å². The Morgan fingerprint density at radius 1 is 1.21 bits per heavy atom. The van der Waals surface area contributed by atoms with Gasteiger partial charge in [0, 0.05) is 17.6 Å². The monoisotopic (exact) mass is 391 g/mol. The number of hydrogen-bond acceptors (Lipinski definition) is 5. The summed E-state index contributed by atoms with van der Waals surface area (Å²) in [6.07, 6.45) is 5.53. The number of rotatable bonds is 4. The molecule has 0 aliphatic heterocycles. The fraction of sp³-hybridized carbons (Fsp3) is 0.304. The second-order valence-electron chi connectivity index (χ2n) is 7.77. The van der Waals surface area contributed by atoms with Gasteiger partial charge in [-0.05, 0) is 68.5 Å². The largest absolute Gasteiger partial charge is 0.459 e. The number of esters is 1. The average Bonchev–Trinajstić information content (AvgIpc) is 3.21. The molecule has 1 aliphatic rings. The smallest absolute Gasteiger partial charge is 0.338 e. The van der Waals surface area contributed by atoms with Crippen LogP contribution in [0.15, 0.2) is 61.1 Å². The lowest BCUT2D eigenvalue weighted by Gasteiger charge is -2.34. The van der Waals surface area contributed by atoms with Crippen LogP contribution in [-0.2, 0) is 10.3 Å². The maximum atomic E-state index is 12.2. The number of hydrogen-bond donors (Lipinski definition) is 2. The van der Waals surface area contributed by atoms with Crippen LogP contribution in [0.2, 0.25) is 0 Å². The summed E-state index contributed by atoms with van der Waals surface area (Å²) in [7, 11) is 0. The fourth-order valence-electron chi connectivity index (χ4n) is 3.88. The molecule has 3 aromatic rings. The van der Waals surface area contributed by atoms with Crippen molar-refractivity contribution in [3.63, 3.8) is 0 Å². The van der Waals surface area contributed by atoms with Gasteiger partial charge in [0.1, 0.15) is 11.7 Å². The molecule has 6 nitrogen and oxygen atoms in total. The summed E-state index contributed by atoms with van der Waals surface area (Å²) in [6, 6.07) is 14.8. The molecule has 0 saturated heterocycles. The second kappa shape index (κ2) is 7.72. The van der Waals surface area contributed by atoms with E-state index in [0.717, 1.165) is 11.3 Å². The van der Waals surface area contributed by atoms with Crippen LogP contribution in [-0.4, -0.2) is 26.7 Å². The molecule has 0 amide bonds. The number of ether oxygens (including phenoxy) is 1. The predicted molar refractivity (Wildman–Crippen MR) is 111 cm³/mol. The SMILES string of the molecule is Cc1cc(N)cc(-n2cnc(C3(O)CCC(OC(=O)c4ccccc4)CC3)c2)c1. The van der Waals surface area contributed by atoms with Gasteiger partial charge < -0.3 is 20.1 Å². The zero-order valence-corrected chi connectivity index (χ0v) is 16.4. The Labute approximate surface area is 170 Å². The van der Waals surface area contributed by atoms with Gasteiger partial charge in [0.15, 0.2) is 0 Å². The van der Waals surface area contributed by atoms with Crippen LogP contribution in [0.3, 0.4) is 0 Å². The van der Waals surface area contributed by atoms with Gasteiger partial charge >= 0.3 is 5.97 Å². The first kappa shape index (κ1) is 19.2. The van der Waals surface area contributed by atoms with Gasteiger partial charge in [0.25, 0.3) is 0 Å². The number of anilines is 1. The average molecular weight is 391 g/mol. The number of nitrogens with two attached hydrogens (primary N) is 1. The first-order chi connectivity index (χ1) is 13.9. The lowest BCUT2D eigenvalue weighted by Crippen LogP contribution is -2.35. The molecule has 1 aliphatic carbocycles. The van der Waals surface area contributed by atoms with E-state index in [1.165, 1.54) is 0 Å². The molecule has 0 unspecified atom stereocenters. The highest BCUT2D eigenvalue weighted by Crippen LogP contribution is 2.37. The second-order valence-corrected chi connectivity index (χ2v) is 7.77. The van der Waals surface area contributed by atoms with Crippen molar-refractivity contribution in [2.75, 3.05) is 5.73 Å². The topological polar surface area (TPSA) is 90.4 Å². The maximum Gasteiger partial charge on any atom is 0.338 e. The minimum absolute atomic E-state index is 0.193. The number of benzene rings is 2. The Morgan fingerprint density at radius 3 is 2.62 bits per heavy atom. The van der Waals surface area contributed by atoms with E-state index in [-0.39, 0.29) is 12.1 Å². The summed E-state index contributed by atoms with van der Waals surface area (Å²) in [5.74, 6) is -0.317. The van der Waals surface area contributed by atoms with E-state index < -0.39 is 5.60 Å². The molecule has 1 saturated carbocycles.